The van der Waals surface area contributed by atoms with E-state index >= 15 is 0 Å². The molecule has 314 valence electrons. The maximum absolute atomic E-state index is 11.8. The summed E-state index contributed by atoms with van der Waals surface area (Å²) in [5.74, 6) is 0.839. The summed E-state index contributed by atoms with van der Waals surface area (Å²) in [7, 11) is -16.8. The number of hydrogen-bond donors (Lipinski definition) is 7. The van der Waals surface area contributed by atoms with Gasteiger partial charge < -0.3 is 60.6 Å². The second kappa shape index (κ2) is 20.7. The van der Waals surface area contributed by atoms with Crippen LogP contribution < -0.4 is 5.32 Å². The number of nitrogens with one attached hydrogen (secondary N) is 1. The Balaban J connectivity index is 1.86. The fourth-order valence-corrected chi connectivity index (χ4v) is 24.5. The van der Waals surface area contributed by atoms with Crippen LogP contribution in [0.4, 0.5) is 0 Å². The number of rotatable bonds is 22. The van der Waals surface area contributed by atoms with E-state index in [1.165, 1.54) is 4.90 Å². The third kappa shape index (κ3) is 14.8. The molecule has 53 heavy (non-hydrogen) atoms. The predicted molar refractivity (Wildman–Crippen MR) is 206 cm³/mol. The zero-order valence-electron chi connectivity index (χ0n) is 32.3. The van der Waals surface area contributed by atoms with Gasteiger partial charge in [0, 0.05) is 51.6 Å². The fourth-order valence-electron chi connectivity index (χ4n) is 8.77. The molecule has 2 unspecified atom stereocenters. The molecule has 0 saturated heterocycles. The topological polar surface area (TPSA) is 243 Å². The SMILES string of the molecule is CCC1CCC([Si](OC)(OC)O[Si](OC)(O[Si](C)(OC)C2CCC(CN(CP(=O)(O)O)CP(=O)(O)O)CC2)C2CCC(CNCP(=O)(O)O)CC2)CC1. The zero-order valence-corrected chi connectivity index (χ0v) is 38.0. The first-order valence-corrected chi connectivity index (χ1v) is 30.2. The fraction of sp³-hybridized carbons (Fsp3) is 1.00. The summed E-state index contributed by atoms with van der Waals surface area (Å²) < 4.78 is 75.1. The van der Waals surface area contributed by atoms with E-state index in [4.69, 9.17) is 25.9 Å². The lowest BCUT2D eigenvalue weighted by atomic mass is 9.87. The highest BCUT2D eigenvalue weighted by molar-refractivity contribution is 7.52. The van der Waals surface area contributed by atoms with Gasteiger partial charge in [0.2, 0.25) is 0 Å². The Kier molecular flexibility index (Phi) is 18.8. The lowest BCUT2D eigenvalue weighted by molar-refractivity contribution is 0.0678. The minimum atomic E-state index is -4.54. The highest BCUT2D eigenvalue weighted by atomic mass is 31.2. The van der Waals surface area contributed by atoms with Crippen LogP contribution in [0.2, 0.25) is 23.2 Å². The largest absolute Gasteiger partial charge is 0.496 e. The Morgan fingerprint density at radius 3 is 1.43 bits per heavy atom. The molecule has 0 radical (unpaired) electrons. The van der Waals surface area contributed by atoms with E-state index in [9.17, 15) is 43.1 Å². The standard InChI is InChI=1S/C30H67N2O15P3Si3/c1-7-25-8-16-29(17-9-25)52(43-3,44-4)47-53(45-5,30-18-10-26(11-19-30)20-31-22-48(33,34)35)46-51(6,42-2)28-14-12-27(13-15-28)21-32(23-49(36,37)38)24-50(39,40)41/h25-31H,7-24H2,1-6H3,(H2,33,34,35)(H2,36,37,38)(H2,39,40,41). The summed E-state index contributed by atoms with van der Waals surface area (Å²) in [5, 5.41) is 2.93. The monoisotopic (exact) mass is 872 g/mol. The molecule has 0 aromatic heterocycles. The Morgan fingerprint density at radius 2 is 1.02 bits per heavy atom. The van der Waals surface area contributed by atoms with Gasteiger partial charge in [0.05, 0.1) is 6.29 Å². The molecular weight excluding hydrogens is 806 g/mol. The Hall–Kier alpha value is 0.781. The lowest BCUT2D eigenvalue weighted by Gasteiger charge is -2.49. The van der Waals surface area contributed by atoms with Crippen LogP contribution >= 0.6 is 22.8 Å². The van der Waals surface area contributed by atoms with Gasteiger partial charge in [0.1, 0.15) is 12.6 Å². The van der Waals surface area contributed by atoms with Crippen molar-refractivity contribution < 1.29 is 69.0 Å². The third-order valence-electron chi connectivity index (χ3n) is 11.8. The molecule has 17 nitrogen and oxygen atoms in total. The molecule has 3 aliphatic carbocycles. The van der Waals surface area contributed by atoms with E-state index in [1.807, 2.05) is 6.55 Å². The van der Waals surface area contributed by atoms with E-state index in [0.29, 0.717) is 38.1 Å². The molecule has 3 saturated carbocycles. The van der Waals surface area contributed by atoms with Gasteiger partial charge in [-0.2, -0.15) is 0 Å². The van der Waals surface area contributed by atoms with Gasteiger partial charge in [-0.25, -0.2) is 0 Å². The van der Waals surface area contributed by atoms with Crippen LogP contribution in [0.5, 0.6) is 0 Å². The summed E-state index contributed by atoms with van der Waals surface area (Å²) in [6.07, 6.45) is 8.98. The molecule has 3 aliphatic rings. The van der Waals surface area contributed by atoms with Gasteiger partial charge in [-0.3, -0.25) is 18.6 Å². The first-order chi connectivity index (χ1) is 24.6. The molecule has 3 fully saturated rings. The van der Waals surface area contributed by atoms with Crippen molar-refractivity contribution in [3.63, 3.8) is 0 Å². The van der Waals surface area contributed by atoms with Crippen LogP contribution in [-0.4, -0.2) is 121 Å². The van der Waals surface area contributed by atoms with Crippen molar-refractivity contribution in [1.82, 2.24) is 10.2 Å². The minimum Gasteiger partial charge on any atom is -0.398 e. The van der Waals surface area contributed by atoms with Crippen molar-refractivity contribution in [2.45, 2.75) is 114 Å². The average molecular weight is 873 g/mol. The van der Waals surface area contributed by atoms with Crippen LogP contribution in [0.25, 0.3) is 0 Å². The van der Waals surface area contributed by atoms with E-state index in [0.717, 1.165) is 57.8 Å². The molecule has 0 amide bonds. The molecular formula is C30H67N2O15P3Si3. The van der Waals surface area contributed by atoms with Crippen molar-refractivity contribution in [1.29, 1.82) is 0 Å². The zero-order chi connectivity index (χ0) is 39.7. The van der Waals surface area contributed by atoms with Gasteiger partial charge in [0.15, 0.2) is 0 Å². The Bertz CT molecular complexity index is 1230. The second-order valence-corrected chi connectivity index (χ2v) is 30.6. The second-order valence-electron chi connectivity index (χ2n) is 15.5. The summed E-state index contributed by atoms with van der Waals surface area (Å²) in [6.45, 7) is 4.89. The first kappa shape index (κ1) is 48.2. The maximum atomic E-state index is 11.8. The lowest BCUT2D eigenvalue weighted by Crippen LogP contribution is -2.66. The highest BCUT2D eigenvalue weighted by Crippen LogP contribution is 2.51. The summed E-state index contributed by atoms with van der Waals surface area (Å²) >= 11 is 0. The molecule has 0 spiro atoms. The first-order valence-electron chi connectivity index (χ1n) is 18.8. The third-order valence-corrected chi connectivity index (χ3v) is 26.7. The van der Waals surface area contributed by atoms with Crippen LogP contribution in [0, 0.1) is 17.8 Å². The van der Waals surface area contributed by atoms with Gasteiger partial charge in [-0.05, 0) is 95.1 Å². The molecule has 3 rings (SSSR count). The van der Waals surface area contributed by atoms with Crippen molar-refractivity contribution in [3.8, 4) is 0 Å². The van der Waals surface area contributed by atoms with E-state index in [1.54, 1.807) is 28.4 Å². The predicted octanol–water partition coefficient (Wildman–Crippen LogP) is 4.94. The molecule has 0 aliphatic heterocycles. The highest BCUT2D eigenvalue weighted by Gasteiger charge is 2.64. The van der Waals surface area contributed by atoms with E-state index in [2.05, 4.69) is 12.2 Å². The average Bonchev–Trinajstić information content (AvgIpc) is 3.09. The van der Waals surface area contributed by atoms with Crippen LogP contribution in [0.15, 0.2) is 0 Å². The summed E-state index contributed by atoms with van der Waals surface area (Å²) in [5.41, 5.74) is -0.00290. The quantitative estimate of drug-likeness (QED) is 0.0563. The smallest absolute Gasteiger partial charge is 0.398 e. The molecule has 0 bridgehead atoms. The van der Waals surface area contributed by atoms with Crippen molar-refractivity contribution >= 4 is 49.0 Å². The molecule has 23 heteroatoms. The van der Waals surface area contributed by atoms with Crippen molar-refractivity contribution in [3.05, 3.63) is 0 Å². The number of hydrogen-bond acceptors (Lipinski definition) is 11. The summed E-state index contributed by atoms with van der Waals surface area (Å²) in [6, 6.07) is 0. The van der Waals surface area contributed by atoms with E-state index < -0.39 is 61.5 Å². The number of nitrogens with zero attached hydrogens (tertiary/aromatic N) is 1. The summed E-state index contributed by atoms with van der Waals surface area (Å²) in [4.78, 5) is 58.0. The van der Waals surface area contributed by atoms with Crippen molar-refractivity contribution in [2.75, 3.05) is 60.4 Å². The molecule has 2 atom stereocenters. The van der Waals surface area contributed by atoms with Gasteiger partial charge in [-0.15, -0.1) is 0 Å². The van der Waals surface area contributed by atoms with Crippen LogP contribution in [0.3, 0.4) is 0 Å². The van der Waals surface area contributed by atoms with Gasteiger partial charge >= 0.3 is 49.0 Å². The molecule has 7 N–H and O–H groups in total. The van der Waals surface area contributed by atoms with E-state index in [-0.39, 0.29) is 41.3 Å². The Morgan fingerprint density at radius 1 is 0.585 bits per heavy atom. The van der Waals surface area contributed by atoms with Gasteiger partial charge in [-0.1, -0.05) is 26.2 Å². The molecule has 0 aromatic carbocycles. The van der Waals surface area contributed by atoms with Crippen LogP contribution in [-0.2, 0) is 39.6 Å². The molecule has 0 heterocycles. The van der Waals surface area contributed by atoms with Gasteiger partial charge in [0.25, 0.3) is 0 Å². The minimum absolute atomic E-state index is 0.0146. The van der Waals surface area contributed by atoms with Crippen LogP contribution in [0.1, 0.15) is 90.4 Å². The molecule has 0 aromatic rings. The van der Waals surface area contributed by atoms with Crippen molar-refractivity contribution in [2.24, 2.45) is 17.8 Å². The Labute approximate surface area is 319 Å². The normalized spacial score (nSPS) is 29.2. The maximum Gasteiger partial charge on any atom is 0.496 e.